The minimum Gasteiger partial charge on any atom is -0.478 e. The van der Waals surface area contributed by atoms with E-state index in [0.717, 1.165) is 17.5 Å². The molecule has 2 heterocycles. The van der Waals surface area contributed by atoms with Crippen molar-refractivity contribution in [3.63, 3.8) is 0 Å². The summed E-state index contributed by atoms with van der Waals surface area (Å²) in [5.74, 6) is -0.874. The minimum absolute atomic E-state index is 0.108. The highest BCUT2D eigenvalue weighted by atomic mass is 16.6. The van der Waals surface area contributed by atoms with E-state index in [1.165, 1.54) is 0 Å². The van der Waals surface area contributed by atoms with Crippen molar-refractivity contribution in [2.24, 2.45) is 0 Å². The number of fused-ring (bicyclic) bond motifs is 1. The zero-order valence-corrected chi connectivity index (χ0v) is 15.7. The van der Waals surface area contributed by atoms with Crippen LogP contribution in [0.4, 0.5) is 4.79 Å². The summed E-state index contributed by atoms with van der Waals surface area (Å²) in [6, 6.07) is 5.23. The SMILES string of the molecule is CCn1nc2c(C(=O)O)cccc2c1C1CCN(C(=O)OC(C)(C)C)C1. The number of carboxylic acid groups (broad SMARTS) is 1. The second-order valence-electron chi connectivity index (χ2n) is 7.62. The molecule has 1 amide bonds. The van der Waals surface area contributed by atoms with Gasteiger partial charge < -0.3 is 14.7 Å². The maximum absolute atomic E-state index is 12.3. The van der Waals surface area contributed by atoms with Gasteiger partial charge in [0.25, 0.3) is 0 Å². The van der Waals surface area contributed by atoms with Crippen molar-refractivity contribution >= 4 is 23.0 Å². The molecule has 1 atom stereocenters. The number of aromatic nitrogens is 2. The first-order valence-electron chi connectivity index (χ1n) is 8.92. The van der Waals surface area contributed by atoms with Crippen LogP contribution in [-0.2, 0) is 11.3 Å². The molecule has 7 nitrogen and oxygen atoms in total. The lowest BCUT2D eigenvalue weighted by atomic mass is 9.99. The molecule has 0 aliphatic carbocycles. The van der Waals surface area contributed by atoms with E-state index < -0.39 is 11.6 Å². The molecule has 7 heteroatoms. The Bertz CT molecular complexity index is 850. The summed E-state index contributed by atoms with van der Waals surface area (Å²) in [6.07, 6.45) is 0.496. The maximum Gasteiger partial charge on any atom is 0.410 e. The van der Waals surface area contributed by atoms with Crippen LogP contribution < -0.4 is 0 Å². The number of carbonyl (C=O) groups is 2. The highest BCUT2D eigenvalue weighted by Gasteiger charge is 2.33. The van der Waals surface area contributed by atoms with Gasteiger partial charge in [-0.2, -0.15) is 5.10 Å². The Morgan fingerprint density at radius 1 is 1.35 bits per heavy atom. The summed E-state index contributed by atoms with van der Waals surface area (Å²) in [5, 5.41) is 14.8. The Hall–Kier alpha value is -2.57. The molecular weight excluding hydrogens is 334 g/mol. The van der Waals surface area contributed by atoms with Gasteiger partial charge in [0.2, 0.25) is 0 Å². The molecule has 140 valence electrons. The van der Waals surface area contributed by atoms with Crippen LogP contribution in [0.5, 0.6) is 0 Å². The molecule has 1 aliphatic rings. The standard InChI is InChI=1S/C19H25N3O4/c1-5-22-16(13-7-6-8-14(17(23)24)15(13)20-22)12-9-10-21(11-12)18(25)26-19(2,3)4/h6-8,12H,5,9-11H2,1-4H3,(H,23,24). The Labute approximate surface area is 152 Å². The van der Waals surface area contributed by atoms with E-state index in [-0.39, 0.29) is 17.6 Å². The van der Waals surface area contributed by atoms with Gasteiger partial charge in [-0.25, -0.2) is 9.59 Å². The van der Waals surface area contributed by atoms with Gasteiger partial charge in [0.1, 0.15) is 11.1 Å². The van der Waals surface area contributed by atoms with Crippen LogP contribution in [0.25, 0.3) is 10.9 Å². The number of hydrogen-bond acceptors (Lipinski definition) is 4. The van der Waals surface area contributed by atoms with Crippen molar-refractivity contribution in [2.45, 2.75) is 52.2 Å². The van der Waals surface area contributed by atoms with Gasteiger partial charge in [-0.1, -0.05) is 12.1 Å². The van der Waals surface area contributed by atoms with E-state index in [1.807, 2.05) is 38.4 Å². The molecule has 1 unspecified atom stereocenters. The van der Waals surface area contributed by atoms with Crippen LogP contribution in [0.1, 0.15) is 56.1 Å². The number of benzene rings is 1. The number of carboxylic acids is 1. The third-order valence-corrected chi connectivity index (χ3v) is 4.57. The Balaban J connectivity index is 1.93. The van der Waals surface area contributed by atoms with Gasteiger partial charge in [0.05, 0.1) is 11.3 Å². The number of ether oxygens (including phenoxy) is 1. The summed E-state index contributed by atoms with van der Waals surface area (Å²) in [7, 11) is 0. The number of aryl methyl sites for hydroxylation is 1. The summed E-state index contributed by atoms with van der Waals surface area (Å²) < 4.78 is 7.33. The van der Waals surface area contributed by atoms with Crippen molar-refractivity contribution < 1.29 is 19.4 Å². The van der Waals surface area contributed by atoms with E-state index >= 15 is 0 Å². The maximum atomic E-state index is 12.3. The third-order valence-electron chi connectivity index (χ3n) is 4.57. The fourth-order valence-corrected chi connectivity index (χ4v) is 3.49. The molecule has 0 spiro atoms. The fraction of sp³-hybridized carbons (Fsp3) is 0.526. The van der Waals surface area contributed by atoms with Crippen molar-refractivity contribution in [2.75, 3.05) is 13.1 Å². The van der Waals surface area contributed by atoms with Gasteiger partial charge in [-0.15, -0.1) is 0 Å². The van der Waals surface area contributed by atoms with Gasteiger partial charge in [0.15, 0.2) is 0 Å². The number of hydrogen-bond donors (Lipinski definition) is 1. The van der Waals surface area contributed by atoms with Crippen molar-refractivity contribution in [1.29, 1.82) is 0 Å². The zero-order valence-electron chi connectivity index (χ0n) is 15.7. The summed E-state index contributed by atoms with van der Waals surface area (Å²) in [6.45, 7) is 9.35. The molecule has 1 aliphatic heterocycles. The average molecular weight is 359 g/mol. The van der Waals surface area contributed by atoms with Crippen LogP contribution in [0.15, 0.2) is 18.2 Å². The molecule has 0 radical (unpaired) electrons. The van der Waals surface area contributed by atoms with Crippen LogP contribution in [0.3, 0.4) is 0 Å². The monoisotopic (exact) mass is 359 g/mol. The Morgan fingerprint density at radius 2 is 2.08 bits per heavy atom. The lowest BCUT2D eigenvalue weighted by molar-refractivity contribution is 0.0292. The number of aromatic carboxylic acids is 1. The number of carbonyl (C=O) groups excluding carboxylic acids is 1. The molecule has 0 saturated carbocycles. The average Bonchev–Trinajstić information content (AvgIpc) is 3.16. The Kier molecular flexibility index (Phi) is 4.64. The molecular formula is C19H25N3O4. The van der Waals surface area contributed by atoms with Crippen LogP contribution >= 0.6 is 0 Å². The first-order valence-corrected chi connectivity index (χ1v) is 8.92. The normalized spacial score (nSPS) is 17.7. The Morgan fingerprint density at radius 3 is 2.69 bits per heavy atom. The molecule has 2 aromatic rings. The van der Waals surface area contributed by atoms with Gasteiger partial charge >= 0.3 is 12.1 Å². The number of amides is 1. The molecule has 1 aromatic carbocycles. The molecule has 3 rings (SSSR count). The lowest BCUT2D eigenvalue weighted by Crippen LogP contribution is -2.35. The predicted molar refractivity (Wildman–Crippen MR) is 97.5 cm³/mol. The van der Waals surface area contributed by atoms with E-state index in [1.54, 1.807) is 17.0 Å². The molecule has 26 heavy (non-hydrogen) atoms. The second-order valence-corrected chi connectivity index (χ2v) is 7.62. The van der Waals surface area contributed by atoms with Crippen LogP contribution in [0.2, 0.25) is 0 Å². The van der Waals surface area contributed by atoms with Crippen LogP contribution in [-0.4, -0.2) is 50.5 Å². The number of rotatable bonds is 3. The largest absolute Gasteiger partial charge is 0.478 e. The predicted octanol–water partition coefficient (Wildman–Crippen LogP) is 3.48. The molecule has 1 N–H and O–H groups in total. The van der Waals surface area contributed by atoms with Gasteiger partial charge in [-0.05, 0) is 40.2 Å². The van der Waals surface area contributed by atoms with Gasteiger partial charge in [-0.3, -0.25) is 4.68 Å². The smallest absolute Gasteiger partial charge is 0.410 e. The fourth-order valence-electron chi connectivity index (χ4n) is 3.49. The van der Waals surface area contributed by atoms with Gasteiger partial charge in [0, 0.05) is 30.9 Å². The lowest BCUT2D eigenvalue weighted by Gasteiger charge is -2.24. The first-order chi connectivity index (χ1) is 12.2. The van der Waals surface area contributed by atoms with Crippen LogP contribution in [0, 0.1) is 0 Å². The molecule has 1 fully saturated rings. The third kappa shape index (κ3) is 3.38. The minimum atomic E-state index is -0.982. The zero-order chi connectivity index (χ0) is 19.1. The van der Waals surface area contributed by atoms with Crippen molar-refractivity contribution in [3.05, 3.63) is 29.5 Å². The topological polar surface area (TPSA) is 84.7 Å². The number of likely N-dealkylation sites (tertiary alicyclic amines) is 1. The second kappa shape index (κ2) is 6.63. The highest BCUT2D eigenvalue weighted by Crippen LogP contribution is 2.34. The van der Waals surface area contributed by atoms with E-state index in [0.29, 0.717) is 25.2 Å². The first kappa shape index (κ1) is 18.2. The van der Waals surface area contributed by atoms with E-state index in [2.05, 4.69) is 5.10 Å². The van der Waals surface area contributed by atoms with E-state index in [4.69, 9.17) is 4.74 Å². The summed E-state index contributed by atoms with van der Waals surface area (Å²) in [5.41, 5.74) is 1.19. The van der Waals surface area contributed by atoms with Crippen molar-refractivity contribution in [1.82, 2.24) is 14.7 Å². The molecule has 1 saturated heterocycles. The summed E-state index contributed by atoms with van der Waals surface area (Å²) in [4.78, 5) is 25.6. The number of nitrogens with zero attached hydrogens (tertiary/aromatic N) is 3. The van der Waals surface area contributed by atoms with Crippen molar-refractivity contribution in [3.8, 4) is 0 Å². The van der Waals surface area contributed by atoms with E-state index in [9.17, 15) is 14.7 Å². The molecule has 0 bridgehead atoms. The quantitative estimate of drug-likeness (QED) is 0.907. The highest BCUT2D eigenvalue weighted by molar-refractivity contribution is 6.02. The molecule has 1 aromatic heterocycles. The summed E-state index contributed by atoms with van der Waals surface area (Å²) >= 11 is 0.